The number of halogens is 1. The molecule has 1 saturated carbocycles. The summed E-state index contributed by atoms with van der Waals surface area (Å²) in [5, 5.41) is 3.66. The Hall–Kier alpha value is -0.540. The summed E-state index contributed by atoms with van der Waals surface area (Å²) >= 11 is 1.66. The van der Waals surface area contributed by atoms with Crippen LogP contribution >= 0.6 is 11.8 Å². The second-order valence-electron chi connectivity index (χ2n) is 4.64. The van der Waals surface area contributed by atoms with E-state index in [1.165, 1.54) is 24.8 Å². The first kappa shape index (κ1) is 10.6. The lowest BCUT2D eigenvalue weighted by molar-refractivity contribution is 0.299. The minimum Gasteiger partial charge on any atom is -0.307 e. The van der Waals surface area contributed by atoms with Crippen molar-refractivity contribution < 1.29 is 4.39 Å². The van der Waals surface area contributed by atoms with Crippen molar-refractivity contribution in [3.63, 3.8) is 0 Å². The van der Waals surface area contributed by atoms with Gasteiger partial charge in [0.1, 0.15) is 5.82 Å². The first-order valence-corrected chi connectivity index (χ1v) is 7.00. The lowest BCUT2D eigenvalue weighted by atomic mass is 9.91. The Kier molecular flexibility index (Phi) is 2.90. The molecule has 0 spiro atoms. The van der Waals surface area contributed by atoms with E-state index in [2.05, 4.69) is 11.4 Å². The van der Waals surface area contributed by atoms with Gasteiger partial charge >= 0.3 is 0 Å². The van der Waals surface area contributed by atoms with Gasteiger partial charge in [0.2, 0.25) is 0 Å². The van der Waals surface area contributed by atoms with Crippen molar-refractivity contribution in [3.05, 3.63) is 29.6 Å². The van der Waals surface area contributed by atoms with Gasteiger partial charge in [-0.05, 0) is 36.6 Å². The summed E-state index contributed by atoms with van der Waals surface area (Å²) in [7, 11) is 0. The molecule has 1 N–H and O–H groups in total. The quantitative estimate of drug-likeness (QED) is 0.845. The van der Waals surface area contributed by atoms with E-state index in [9.17, 15) is 4.39 Å². The van der Waals surface area contributed by atoms with Gasteiger partial charge in [0.25, 0.3) is 0 Å². The smallest absolute Gasteiger partial charge is 0.137 e. The van der Waals surface area contributed by atoms with Gasteiger partial charge in [-0.15, -0.1) is 11.8 Å². The van der Waals surface area contributed by atoms with Crippen LogP contribution in [0, 0.1) is 5.82 Å². The maximum absolute atomic E-state index is 13.6. The molecule has 3 rings (SSSR count). The summed E-state index contributed by atoms with van der Waals surface area (Å²) in [6.07, 6.45) is 5.04. The van der Waals surface area contributed by atoms with E-state index in [-0.39, 0.29) is 5.82 Å². The molecule has 1 fully saturated rings. The monoisotopic (exact) mass is 237 g/mol. The highest BCUT2D eigenvalue weighted by Crippen LogP contribution is 2.38. The second-order valence-corrected chi connectivity index (χ2v) is 5.75. The fourth-order valence-corrected chi connectivity index (χ4v) is 3.56. The number of hydrogen-bond acceptors (Lipinski definition) is 2. The van der Waals surface area contributed by atoms with Crippen molar-refractivity contribution in [2.24, 2.45) is 0 Å². The summed E-state index contributed by atoms with van der Waals surface area (Å²) in [5.74, 6) is 0.973. The number of benzene rings is 1. The summed E-state index contributed by atoms with van der Waals surface area (Å²) in [6.45, 7) is 0. The Morgan fingerprint density at radius 3 is 2.88 bits per heavy atom. The van der Waals surface area contributed by atoms with E-state index in [1.54, 1.807) is 17.8 Å². The van der Waals surface area contributed by atoms with Gasteiger partial charge < -0.3 is 5.32 Å². The van der Waals surface area contributed by atoms with Gasteiger partial charge in [0.15, 0.2) is 0 Å². The maximum atomic E-state index is 13.6. The molecule has 0 radical (unpaired) electrons. The highest BCUT2D eigenvalue weighted by Gasteiger charge is 2.27. The standard InChI is InChI=1S/C13H16FNS/c14-11-6-2-5-10-12(7-8-16-13(10)11)15-9-3-1-4-9/h2,5-6,9,12,15H,1,3-4,7-8H2. The molecule has 0 saturated heterocycles. The molecule has 3 heteroatoms. The summed E-state index contributed by atoms with van der Waals surface area (Å²) in [5.41, 5.74) is 1.17. The Morgan fingerprint density at radius 1 is 1.25 bits per heavy atom. The molecule has 1 atom stereocenters. The zero-order valence-corrected chi connectivity index (χ0v) is 10.0. The molecule has 1 nitrogen and oxygen atoms in total. The molecule has 0 aromatic heterocycles. The third-order valence-electron chi connectivity index (χ3n) is 3.57. The molecule has 1 unspecified atom stereocenters. The molecule has 1 heterocycles. The number of hydrogen-bond donors (Lipinski definition) is 1. The highest BCUT2D eigenvalue weighted by molar-refractivity contribution is 7.99. The third-order valence-corrected chi connectivity index (χ3v) is 4.73. The first-order chi connectivity index (χ1) is 7.84. The number of thioether (sulfide) groups is 1. The van der Waals surface area contributed by atoms with Crippen LogP contribution in [0.25, 0.3) is 0 Å². The van der Waals surface area contributed by atoms with E-state index in [1.807, 2.05) is 6.07 Å². The SMILES string of the molecule is Fc1cccc2c1SCCC2NC1CCC1. The van der Waals surface area contributed by atoms with Crippen LogP contribution in [0.15, 0.2) is 23.1 Å². The van der Waals surface area contributed by atoms with Crippen LogP contribution < -0.4 is 5.32 Å². The Bertz CT molecular complexity index is 390. The molecule has 1 aliphatic heterocycles. The zero-order chi connectivity index (χ0) is 11.0. The summed E-state index contributed by atoms with van der Waals surface area (Å²) in [4.78, 5) is 0.866. The van der Waals surface area contributed by atoms with Crippen molar-refractivity contribution in [1.29, 1.82) is 0 Å². The maximum Gasteiger partial charge on any atom is 0.137 e. The van der Waals surface area contributed by atoms with Crippen LogP contribution in [0.5, 0.6) is 0 Å². The molecule has 86 valence electrons. The lowest BCUT2D eigenvalue weighted by Crippen LogP contribution is -2.39. The van der Waals surface area contributed by atoms with E-state index >= 15 is 0 Å². The van der Waals surface area contributed by atoms with Crippen LogP contribution in [0.3, 0.4) is 0 Å². The molecular weight excluding hydrogens is 221 g/mol. The Morgan fingerprint density at radius 2 is 2.12 bits per heavy atom. The summed E-state index contributed by atoms with van der Waals surface area (Å²) in [6, 6.07) is 6.51. The van der Waals surface area contributed by atoms with Gasteiger partial charge in [-0.2, -0.15) is 0 Å². The molecule has 1 aliphatic carbocycles. The number of fused-ring (bicyclic) bond motifs is 1. The first-order valence-electron chi connectivity index (χ1n) is 6.02. The zero-order valence-electron chi connectivity index (χ0n) is 9.21. The van der Waals surface area contributed by atoms with Gasteiger partial charge in [-0.1, -0.05) is 18.6 Å². The van der Waals surface area contributed by atoms with Crippen molar-refractivity contribution in [3.8, 4) is 0 Å². The van der Waals surface area contributed by atoms with Crippen LogP contribution in [0.2, 0.25) is 0 Å². The van der Waals surface area contributed by atoms with Crippen molar-refractivity contribution in [2.75, 3.05) is 5.75 Å². The lowest BCUT2D eigenvalue weighted by Gasteiger charge is -2.34. The van der Waals surface area contributed by atoms with E-state index in [4.69, 9.17) is 0 Å². The van der Waals surface area contributed by atoms with E-state index in [0.717, 1.165) is 17.1 Å². The predicted molar refractivity (Wildman–Crippen MR) is 65.3 cm³/mol. The van der Waals surface area contributed by atoms with Crippen LogP contribution in [-0.4, -0.2) is 11.8 Å². The predicted octanol–water partition coefficient (Wildman–Crippen LogP) is 3.50. The van der Waals surface area contributed by atoms with Crippen molar-refractivity contribution in [2.45, 2.75) is 42.7 Å². The average molecular weight is 237 g/mol. The Labute approximate surface area is 99.8 Å². The topological polar surface area (TPSA) is 12.0 Å². The highest BCUT2D eigenvalue weighted by atomic mass is 32.2. The second kappa shape index (κ2) is 4.38. The van der Waals surface area contributed by atoms with Gasteiger partial charge in [-0.25, -0.2) is 4.39 Å². The normalized spacial score (nSPS) is 24.9. The van der Waals surface area contributed by atoms with Gasteiger partial charge in [0.05, 0.1) is 0 Å². The number of rotatable bonds is 2. The van der Waals surface area contributed by atoms with Crippen LogP contribution in [0.1, 0.15) is 37.3 Å². The van der Waals surface area contributed by atoms with Crippen molar-refractivity contribution in [1.82, 2.24) is 5.32 Å². The average Bonchev–Trinajstić information content (AvgIpc) is 2.24. The largest absolute Gasteiger partial charge is 0.307 e. The fraction of sp³-hybridized carbons (Fsp3) is 0.538. The molecule has 1 aromatic carbocycles. The molecular formula is C13H16FNS. The minimum atomic E-state index is -0.0531. The fourth-order valence-electron chi connectivity index (χ4n) is 2.42. The van der Waals surface area contributed by atoms with Gasteiger partial charge in [0, 0.05) is 17.0 Å². The number of nitrogens with one attached hydrogen (secondary N) is 1. The third kappa shape index (κ3) is 1.87. The summed E-state index contributed by atoms with van der Waals surface area (Å²) < 4.78 is 13.6. The van der Waals surface area contributed by atoms with Crippen LogP contribution in [-0.2, 0) is 0 Å². The molecule has 2 aliphatic rings. The molecule has 1 aromatic rings. The molecule has 16 heavy (non-hydrogen) atoms. The minimum absolute atomic E-state index is 0.0531. The van der Waals surface area contributed by atoms with Crippen LogP contribution in [0.4, 0.5) is 4.39 Å². The molecule has 0 bridgehead atoms. The molecule has 0 amide bonds. The van der Waals surface area contributed by atoms with E-state index in [0.29, 0.717) is 12.1 Å². The van der Waals surface area contributed by atoms with Crippen molar-refractivity contribution >= 4 is 11.8 Å². The Balaban J connectivity index is 1.84. The van der Waals surface area contributed by atoms with Gasteiger partial charge in [-0.3, -0.25) is 0 Å². The van der Waals surface area contributed by atoms with E-state index < -0.39 is 0 Å².